The molecule has 0 amide bonds. The highest BCUT2D eigenvalue weighted by molar-refractivity contribution is 7.48. The van der Waals surface area contributed by atoms with Gasteiger partial charge in [-0.25, -0.2) is 0 Å². The maximum absolute atomic E-state index is 2.28. The normalized spacial score (nSPS) is 18.3. The molecule has 0 unspecified atom stereocenters. The first kappa shape index (κ1) is 6.39. The Morgan fingerprint density at radius 2 is 2.00 bits per heavy atom. The van der Waals surface area contributed by atoms with Crippen molar-refractivity contribution in [3.63, 3.8) is 0 Å². The molecular formula is C11H7P. The van der Waals surface area contributed by atoms with Gasteiger partial charge in [0.05, 0.1) is 0 Å². The smallest absolute Gasteiger partial charge is 0.0103 e. The zero-order chi connectivity index (χ0) is 7.97. The second-order valence-corrected chi connectivity index (χ2v) is 4.01. The number of hydrogen-bond donors (Lipinski definition) is 0. The zero-order valence-corrected chi connectivity index (χ0v) is 7.38. The summed E-state index contributed by atoms with van der Waals surface area (Å²) in [5.41, 5.74) is 1.42. The molecule has 1 heteroatoms. The van der Waals surface area contributed by atoms with Crippen molar-refractivity contribution in [1.82, 2.24) is 0 Å². The van der Waals surface area contributed by atoms with E-state index >= 15 is 0 Å². The van der Waals surface area contributed by atoms with Crippen molar-refractivity contribution < 1.29 is 0 Å². The van der Waals surface area contributed by atoms with Crippen LogP contribution in [0.1, 0.15) is 0 Å². The van der Waals surface area contributed by atoms with Gasteiger partial charge < -0.3 is 0 Å². The van der Waals surface area contributed by atoms with Crippen molar-refractivity contribution in [1.29, 1.82) is 0 Å². The third-order valence-electron chi connectivity index (χ3n) is 2.27. The van der Waals surface area contributed by atoms with Gasteiger partial charge in [-0.1, -0.05) is 32.5 Å². The SMILES string of the molecule is C1=CC2=c3ccccc3=CC2=P1. The molecule has 1 aromatic rings. The van der Waals surface area contributed by atoms with Crippen LogP contribution in [0.15, 0.2) is 36.2 Å². The van der Waals surface area contributed by atoms with E-state index < -0.39 is 0 Å². The van der Waals surface area contributed by atoms with Gasteiger partial charge in [-0.2, -0.15) is 0 Å². The van der Waals surface area contributed by atoms with Crippen LogP contribution in [-0.2, 0) is 0 Å². The number of benzene rings is 1. The largest absolute Gasteiger partial charge is 0.0678 e. The minimum Gasteiger partial charge on any atom is -0.0678 e. The molecule has 1 aromatic carbocycles. The highest BCUT2D eigenvalue weighted by Gasteiger charge is 2.10. The number of hydrogen-bond acceptors (Lipinski definition) is 0. The molecular weight excluding hydrogens is 163 g/mol. The predicted molar refractivity (Wildman–Crippen MR) is 54.6 cm³/mol. The van der Waals surface area contributed by atoms with Crippen molar-refractivity contribution in [2.24, 2.45) is 0 Å². The van der Waals surface area contributed by atoms with Crippen molar-refractivity contribution >= 4 is 25.1 Å². The van der Waals surface area contributed by atoms with Crippen molar-refractivity contribution in [2.45, 2.75) is 0 Å². The molecule has 0 atom stereocenters. The van der Waals surface area contributed by atoms with Crippen LogP contribution >= 0.6 is 8.20 Å². The van der Waals surface area contributed by atoms with Crippen LogP contribution < -0.4 is 10.4 Å². The Hall–Kier alpha value is -1.13. The van der Waals surface area contributed by atoms with Gasteiger partial charge >= 0.3 is 0 Å². The van der Waals surface area contributed by atoms with Gasteiger partial charge in [-0.3, -0.25) is 0 Å². The Labute approximate surface area is 72.3 Å². The van der Waals surface area contributed by atoms with Gasteiger partial charge in [0.2, 0.25) is 0 Å². The molecule has 0 fully saturated rings. The Balaban J connectivity index is 2.59. The minimum absolute atomic E-state index is 1.35. The van der Waals surface area contributed by atoms with E-state index in [0.29, 0.717) is 0 Å². The number of allylic oxidation sites excluding steroid dienone is 1. The Morgan fingerprint density at radius 1 is 1.08 bits per heavy atom. The van der Waals surface area contributed by atoms with Crippen LogP contribution in [-0.4, -0.2) is 5.29 Å². The van der Waals surface area contributed by atoms with Crippen LogP contribution in [0.3, 0.4) is 0 Å². The first-order valence-electron chi connectivity index (χ1n) is 4.01. The molecule has 0 radical (unpaired) electrons. The third-order valence-corrected chi connectivity index (χ3v) is 3.22. The quantitative estimate of drug-likeness (QED) is 0.514. The lowest BCUT2D eigenvalue weighted by atomic mass is 10.2. The molecule has 0 aromatic heterocycles. The van der Waals surface area contributed by atoms with Gasteiger partial charge in [0.1, 0.15) is 0 Å². The predicted octanol–water partition coefficient (Wildman–Crippen LogP) is 1.28. The summed E-state index contributed by atoms with van der Waals surface area (Å²) in [7, 11) is 1.35. The first-order chi connectivity index (χ1) is 5.95. The minimum atomic E-state index is 1.35. The van der Waals surface area contributed by atoms with Crippen molar-refractivity contribution in [3.8, 4) is 0 Å². The van der Waals surface area contributed by atoms with Gasteiger partial charge in [0.15, 0.2) is 0 Å². The first-order valence-corrected chi connectivity index (χ1v) is 4.97. The summed E-state index contributed by atoms with van der Waals surface area (Å²) in [6.45, 7) is 0. The van der Waals surface area contributed by atoms with Crippen LogP contribution in [0.5, 0.6) is 0 Å². The molecule has 0 nitrogen and oxygen atoms in total. The van der Waals surface area contributed by atoms with E-state index in [1.54, 1.807) is 0 Å². The molecule has 1 heterocycles. The fourth-order valence-corrected chi connectivity index (χ4v) is 2.64. The summed E-state index contributed by atoms with van der Waals surface area (Å²) >= 11 is 0. The summed E-state index contributed by atoms with van der Waals surface area (Å²) in [4.78, 5) is 0. The standard InChI is InChI=1S/C11H7P/c1-2-4-9-8(3-1)7-11-10(9)5-6-12-11/h1-7H. The molecule has 0 saturated carbocycles. The molecule has 0 bridgehead atoms. The van der Waals surface area contributed by atoms with E-state index in [1.165, 1.54) is 29.5 Å². The van der Waals surface area contributed by atoms with Gasteiger partial charge in [0, 0.05) is 5.29 Å². The Kier molecular flexibility index (Phi) is 1.16. The number of fused-ring (bicyclic) bond motifs is 2. The molecule has 3 rings (SSSR count). The second-order valence-electron chi connectivity index (χ2n) is 2.98. The van der Waals surface area contributed by atoms with E-state index in [1.807, 2.05) is 0 Å². The van der Waals surface area contributed by atoms with E-state index in [-0.39, 0.29) is 0 Å². The molecule has 0 N–H and O–H groups in total. The number of rotatable bonds is 0. The molecule has 0 spiro atoms. The lowest BCUT2D eigenvalue weighted by molar-refractivity contribution is 1.53. The highest BCUT2D eigenvalue weighted by Crippen LogP contribution is 2.22. The molecule has 12 heavy (non-hydrogen) atoms. The monoisotopic (exact) mass is 170 g/mol. The van der Waals surface area contributed by atoms with Crippen LogP contribution in [0, 0.1) is 0 Å². The molecule has 0 saturated heterocycles. The van der Waals surface area contributed by atoms with Crippen LogP contribution in [0.2, 0.25) is 0 Å². The third kappa shape index (κ3) is 0.707. The topological polar surface area (TPSA) is 0 Å². The van der Waals surface area contributed by atoms with E-state index in [0.717, 1.165) is 0 Å². The second kappa shape index (κ2) is 2.18. The Bertz CT molecular complexity index is 518. The van der Waals surface area contributed by atoms with Gasteiger partial charge in [-0.05, 0) is 34.0 Å². The van der Waals surface area contributed by atoms with Crippen LogP contribution in [0.4, 0.5) is 0 Å². The summed E-state index contributed by atoms with van der Waals surface area (Å²) in [5.74, 6) is 2.21. The fraction of sp³-hybridized carbons (Fsp3) is 0. The molecule has 1 aliphatic carbocycles. The molecule has 1 aliphatic heterocycles. The average molecular weight is 170 g/mol. The Morgan fingerprint density at radius 3 is 3.00 bits per heavy atom. The maximum atomic E-state index is 2.28. The van der Waals surface area contributed by atoms with E-state index in [2.05, 4.69) is 42.2 Å². The zero-order valence-electron chi connectivity index (χ0n) is 6.49. The maximum Gasteiger partial charge on any atom is 0.0103 e. The average Bonchev–Trinajstić information content (AvgIpc) is 2.62. The fourth-order valence-electron chi connectivity index (χ4n) is 1.71. The summed E-state index contributed by atoms with van der Waals surface area (Å²) < 4.78 is 0. The lowest BCUT2D eigenvalue weighted by Crippen LogP contribution is -2.21. The molecule has 56 valence electrons. The highest BCUT2D eigenvalue weighted by atomic mass is 31.1. The van der Waals surface area contributed by atoms with E-state index in [9.17, 15) is 0 Å². The lowest BCUT2D eigenvalue weighted by Gasteiger charge is -1.88. The van der Waals surface area contributed by atoms with E-state index in [4.69, 9.17) is 0 Å². The van der Waals surface area contributed by atoms with Crippen molar-refractivity contribution in [2.75, 3.05) is 0 Å². The summed E-state index contributed by atoms with van der Waals surface area (Å²) in [6.07, 6.45) is 4.51. The van der Waals surface area contributed by atoms with Gasteiger partial charge in [-0.15, -0.1) is 0 Å². The summed E-state index contributed by atoms with van der Waals surface area (Å²) in [5, 5.41) is 4.23. The van der Waals surface area contributed by atoms with Crippen molar-refractivity contribution in [3.05, 3.63) is 46.6 Å². The van der Waals surface area contributed by atoms with Gasteiger partial charge in [0.25, 0.3) is 0 Å². The molecule has 2 aliphatic rings. The van der Waals surface area contributed by atoms with Crippen LogP contribution in [0.25, 0.3) is 11.6 Å². The summed E-state index contributed by atoms with van der Waals surface area (Å²) in [6, 6.07) is 8.57.